The molecule has 0 atom stereocenters. The fourth-order valence-electron chi connectivity index (χ4n) is 3.53. The Morgan fingerprint density at radius 2 is 2.06 bits per heavy atom. The number of nitrogens with two attached hydrogens (primary N) is 1. The normalized spacial score (nSPS) is 12.7. The summed E-state index contributed by atoms with van der Waals surface area (Å²) in [6.07, 6.45) is 6.06. The van der Waals surface area contributed by atoms with Crippen LogP contribution < -0.4 is 26.2 Å². The quantitative estimate of drug-likeness (QED) is 0.584. The zero-order chi connectivity index (χ0) is 22.8. The lowest BCUT2D eigenvalue weighted by Crippen LogP contribution is -2.23. The second-order valence-electron chi connectivity index (χ2n) is 6.90. The molecule has 10 heteroatoms. The van der Waals surface area contributed by atoms with Crippen LogP contribution in [0.15, 0.2) is 47.7 Å². The first-order valence-corrected chi connectivity index (χ1v) is 10.1. The van der Waals surface area contributed by atoms with E-state index in [0.29, 0.717) is 40.7 Å². The third kappa shape index (κ3) is 3.90. The van der Waals surface area contributed by atoms with Gasteiger partial charge in [-0.2, -0.15) is 4.98 Å². The summed E-state index contributed by atoms with van der Waals surface area (Å²) in [7, 11) is 1.55. The van der Waals surface area contributed by atoms with E-state index in [2.05, 4.69) is 15.3 Å². The number of nitrogens with zero attached hydrogens (tertiary/aromatic N) is 3. The molecule has 4 rings (SSSR count). The number of benzene rings is 1. The molecule has 0 radical (unpaired) electrons. The van der Waals surface area contributed by atoms with E-state index in [4.69, 9.17) is 26.8 Å². The van der Waals surface area contributed by atoms with E-state index < -0.39 is 5.69 Å². The van der Waals surface area contributed by atoms with Crippen LogP contribution in [0.25, 0.3) is 11.4 Å². The van der Waals surface area contributed by atoms with E-state index >= 15 is 0 Å². The van der Waals surface area contributed by atoms with Crippen LogP contribution in [0.4, 0.5) is 11.5 Å². The van der Waals surface area contributed by atoms with Crippen molar-refractivity contribution in [3.8, 4) is 17.2 Å². The van der Waals surface area contributed by atoms with Crippen molar-refractivity contribution in [1.82, 2.24) is 14.5 Å². The number of rotatable bonds is 6. The number of aromatic nitrogens is 3. The molecule has 0 amide bonds. The van der Waals surface area contributed by atoms with Gasteiger partial charge in [0.2, 0.25) is 0 Å². The molecule has 32 heavy (non-hydrogen) atoms. The van der Waals surface area contributed by atoms with Crippen molar-refractivity contribution >= 4 is 34.6 Å². The van der Waals surface area contributed by atoms with Crippen molar-refractivity contribution in [2.24, 2.45) is 0 Å². The number of allylic oxidation sites excluding steroid dienone is 1. The Bertz CT molecular complexity index is 1300. The minimum Gasteiger partial charge on any atom is -0.493 e. The highest BCUT2D eigenvalue weighted by molar-refractivity contribution is 6.33. The SMILES string of the molecule is CCOc1c(OC)ccc2c1CC(=O)C=C2Nc1c(Cl)cncc1-n1ccc(N)nc1=O. The van der Waals surface area contributed by atoms with E-state index in [1.807, 2.05) is 13.0 Å². The van der Waals surface area contributed by atoms with Crippen LogP contribution in [0.2, 0.25) is 5.02 Å². The van der Waals surface area contributed by atoms with Crippen LogP contribution in [0.3, 0.4) is 0 Å². The molecule has 1 aliphatic carbocycles. The van der Waals surface area contributed by atoms with Crippen LogP contribution in [0.5, 0.6) is 11.5 Å². The van der Waals surface area contributed by atoms with E-state index in [1.165, 1.54) is 35.3 Å². The highest BCUT2D eigenvalue weighted by Gasteiger charge is 2.25. The standard InChI is InChI=1S/C22H20ClN5O4/c1-3-32-21-14-8-12(29)9-16(13(14)4-5-18(21)31-2)26-20-15(23)10-25-11-17(20)28-7-6-19(24)27-22(28)30/h4-7,9-11H,3,8H2,1-2H3,(H,25,26)(H2,24,27,30). The summed E-state index contributed by atoms with van der Waals surface area (Å²) in [6, 6.07) is 5.11. The molecule has 0 unspecified atom stereocenters. The van der Waals surface area contributed by atoms with E-state index in [0.717, 1.165) is 5.56 Å². The van der Waals surface area contributed by atoms with Gasteiger partial charge in [-0.3, -0.25) is 14.3 Å². The summed E-state index contributed by atoms with van der Waals surface area (Å²) >= 11 is 6.43. The molecule has 0 aliphatic heterocycles. The third-order valence-corrected chi connectivity index (χ3v) is 5.19. The summed E-state index contributed by atoms with van der Waals surface area (Å²) in [5.41, 5.74) is 7.73. The van der Waals surface area contributed by atoms with Crippen molar-refractivity contribution in [1.29, 1.82) is 0 Å². The summed E-state index contributed by atoms with van der Waals surface area (Å²) in [5.74, 6) is 1.05. The van der Waals surface area contributed by atoms with Gasteiger partial charge in [-0.25, -0.2) is 4.79 Å². The Morgan fingerprint density at radius 1 is 1.25 bits per heavy atom. The van der Waals surface area contributed by atoms with Gasteiger partial charge < -0.3 is 20.5 Å². The van der Waals surface area contributed by atoms with Crippen LogP contribution >= 0.6 is 11.6 Å². The summed E-state index contributed by atoms with van der Waals surface area (Å²) in [4.78, 5) is 32.8. The molecule has 3 N–H and O–H groups in total. The predicted molar refractivity (Wildman–Crippen MR) is 122 cm³/mol. The third-order valence-electron chi connectivity index (χ3n) is 4.90. The number of fused-ring (bicyclic) bond motifs is 1. The second kappa shape index (κ2) is 8.72. The molecule has 9 nitrogen and oxygen atoms in total. The monoisotopic (exact) mass is 453 g/mol. The molecule has 0 fully saturated rings. The average molecular weight is 454 g/mol. The van der Waals surface area contributed by atoms with Crippen LogP contribution in [0.1, 0.15) is 18.1 Å². The van der Waals surface area contributed by atoms with E-state index in [1.54, 1.807) is 13.2 Å². The minimum absolute atomic E-state index is 0.0997. The van der Waals surface area contributed by atoms with Gasteiger partial charge in [-0.05, 0) is 25.1 Å². The van der Waals surface area contributed by atoms with Gasteiger partial charge in [0, 0.05) is 41.7 Å². The fraction of sp³-hybridized carbons (Fsp3) is 0.182. The topological polar surface area (TPSA) is 121 Å². The highest BCUT2D eigenvalue weighted by Crippen LogP contribution is 2.40. The molecule has 1 aliphatic rings. The maximum Gasteiger partial charge on any atom is 0.354 e. The maximum atomic E-state index is 12.6. The lowest BCUT2D eigenvalue weighted by molar-refractivity contribution is -0.114. The molecule has 3 aromatic rings. The number of ketones is 1. The number of halogens is 1. The number of carbonyl (C=O) groups excluding carboxylic acids is 1. The van der Waals surface area contributed by atoms with E-state index in [-0.39, 0.29) is 23.0 Å². The summed E-state index contributed by atoms with van der Waals surface area (Å²) < 4.78 is 12.5. The maximum absolute atomic E-state index is 12.6. The van der Waals surface area contributed by atoms with Gasteiger partial charge in [-0.15, -0.1) is 0 Å². The molecule has 0 saturated heterocycles. The van der Waals surface area contributed by atoms with Crippen molar-refractivity contribution in [2.75, 3.05) is 24.8 Å². The Kier molecular flexibility index (Phi) is 5.83. The first-order valence-electron chi connectivity index (χ1n) is 9.76. The predicted octanol–water partition coefficient (Wildman–Crippen LogP) is 2.85. The van der Waals surface area contributed by atoms with Gasteiger partial charge in [0.1, 0.15) is 5.82 Å². The van der Waals surface area contributed by atoms with Crippen molar-refractivity contribution in [3.05, 3.63) is 69.5 Å². The molecule has 2 aromatic heterocycles. The number of ether oxygens (including phenoxy) is 2. The van der Waals surface area contributed by atoms with Crippen LogP contribution in [0, 0.1) is 0 Å². The van der Waals surface area contributed by atoms with Gasteiger partial charge in [-0.1, -0.05) is 11.6 Å². The molecule has 0 spiro atoms. The van der Waals surface area contributed by atoms with Gasteiger partial charge in [0.15, 0.2) is 17.3 Å². The molecule has 1 aromatic carbocycles. The number of hydrogen-bond donors (Lipinski definition) is 2. The Balaban J connectivity index is 1.84. The molecule has 0 bridgehead atoms. The number of anilines is 2. The lowest BCUT2D eigenvalue weighted by Gasteiger charge is -2.24. The number of nitrogen functional groups attached to an aromatic ring is 1. The highest BCUT2D eigenvalue weighted by atomic mass is 35.5. The minimum atomic E-state index is -0.588. The first kappa shape index (κ1) is 21.4. The number of hydrogen-bond acceptors (Lipinski definition) is 8. The van der Waals surface area contributed by atoms with Crippen LogP contribution in [-0.2, 0) is 11.2 Å². The smallest absolute Gasteiger partial charge is 0.354 e. The summed E-state index contributed by atoms with van der Waals surface area (Å²) in [5, 5.41) is 3.46. The second-order valence-corrected chi connectivity index (χ2v) is 7.31. The average Bonchev–Trinajstić information content (AvgIpc) is 2.76. The molecular formula is C22H20ClN5O4. The van der Waals surface area contributed by atoms with E-state index in [9.17, 15) is 9.59 Å². The van der Waals surface area contributed by atoms with Gasteiger partial charge in [0.05, 0.1) is 36.3 Å². The van der Waals surface area contributed by atoms with Crippen molar-refractivity contribution in [3.63, 3.8) is 0 Å². The van der Waals surface area contributed by atoms with Crippen molar-refractivity contribution < 1.29 is 14.3 Å². The fourth-order valence-corrected chi connectivity index (χ4v) is 3.73. The van der Waals surface area contributed by atoms with Gasteiger partial charge in [0.25, 0.3) is 0 Å². The van der Waals surface area contributed by atoms with Crippen molar-refractivity contribution in [2.45, 2.75) is 13.3 Å². The summed E-state index contributed by atoms with van der Waals surface area (Å²) in [6.45, 7) is 2.28. The molecule has 2 heterocycles. The zero-order valence-corrected chi connectivity index (χ0v) is 18.1. The molecule has 0 saturated carbocycles. The number of methoxy groups -OCH3 is 1. The lowest BCUT2D eigenvalue weighted by atomic mass is 9.92. The van der Waals surface area contributed by atoms with Gasteiger partial charge >= 0.3 is 5.69 Å². The zero-order valence-electron chi connectivity index (χ0n) is 17.4. The molecular weight excluding hydrogens is 434 g/mol. The van der Waals surface area contributed by atoms with Crippen LogP contribution in [-0.4, -0.2) is 34.0 Å². The number of pyridine rings is 1. The Labute approximate surface area is 188 Å². The number of carbonyl (C=O) groups is 1. The Morgan fingerprint density at radius 3 is 2.78 bits per heavy atom. The largest absolute Gasteiger partial charge is 0.493 e. The Hall–Kier alpha value is -3.85. The first-order chi connectivity index (χ1) is 15.4. The molecule has 164 valence electrons. The number of nitrogens with one attached hydrogen (secondary N) is 1.